The zero-order valence-electron chi connectivity index (χ0n) is 9.83. The summed E-state index contributed by atoms with van der Waals surface area (Å²) in [5, 5.41) is 7.79. The maximum Gasteiger partial charge on any atom is 0.0625 e. The third kappa shape index (κ3) is 2.15. The Labute approximate surface area is 86.5 Å². The summed E-state index contributed by atoms with van der Waals surface area (Å²) < 4.78 is 1.99. The van der Waals surface area contributed by atoms with E-state index in [1.807, 2.05) is 18.8 Å². The van der Waals surface area contributed by atoms with Gasteiger partial charge in [0.1, 0.15) is 0 Å². The molecule has 0 aliphatic carbocycles. The molecule has 0 bridgehead atoms. The van der Waals surface area contributed by atoms with E-state index in [1.54, 1.807) is 0 Å². The molecule has 1 aromatic rings. The summed E-state index contributed by atoms with van der Waals surface area (Å²) in [6, 6.07) is 2.59. The van der Waals surface area contributed by atoms with Crippen molar-refractivity contribution in [3.8, 4) is 0 Å². The van der Waals surface area contributed by atoms with Gasteiger partial charge in [0.25, 0.3) is 0 Å². The monoisotopic (exact) mass is 195 g/mol. The van der Waals surface area contributed by atoms with Gasteiger partial charge in [-0.25, -0.2) is 0 Å². The predicted octanol–water partition coefficient (Wildman–Crippen LogP) is 1.90. The lowest BCUT2D eigenvalue weighted by Crippen LogP contribution is -2.24. The van der Waals surface area contributed by atoms with E-state index in [4.69, 9.17) is 0 Å². The number of nitrogens with one attached hydrogen (secondary N) is 1. The molecule has 1 N–H and O–H groups in total. The molecule has 0 aliphatic rings. The molecule has 1 heterocycles. The molecule has 1 aromatic heterocycles. The van der Waals surface area contributed by atoms with Crippen LogP contribution in [0.5, 0.6) is 0 Å². The zero-order valence-corrected chi connectivity index (χ0v) is 9.83. The van der Waals surface area contributed by atoms with E-state index in [0.717, 1.165) is 6.42 Å². The molecule has 0 amide bonds. The fourth-order valence-corrected chi connectivity index (χ4v) is 1.83. The van der Waals surface area contributed by atoms with Crippen molar-refractivity contribution in [3.63, 3.8) is 0 Å². The van der Waals surface area contributed by atoms with Crippen LogP contribution in [-0.2, 0) is 13.5 Å². The summed E-state index contributed by atoms with van der Waals surface area (Å²) in [7, 11) is 4.02. The van der Waals surface area contributed by atoms with Crippen molar-refractivity contribution in [1.29, 1.82) is 0 Å². The number of rotatable bonds is 4. The molecule has 0 aromatic carbocycles. The highest BCUT2D eigenvalue weighted by atomic mass is 15.3. The van der Waals surface area contributed by atoms with E-state index in [9.17, 15) is 0 Å². The molecule has 0 spiro atoms. The van der Waals surface area contributed by atoms with Gasteiger partial charge >= 0.3 is 0 Å². The van der Waals surface area contributed by atoms with Gasteiger partial charge in [0.2, 0.25) is 0 Å². The van der Waals surface area contributed by atoms with Gasteiger partial charge in [0.15, 0.2) is 0 Å². The molecule has 0 saturated heterocycles. The van der Waals surface area contributed by atoms with Crippen LogP contribution in [0.4, 0.5) is 0 Å². The van der Waals surface area contributed by atoms with Crippen LogP contribution in [0.15, 0.2) is 6.07 Å². The summed E-state index contributed by atoms with van der Waals surface area (Å²) in [5.41, 5.74) is 2.45. The summed E-state index contributed by atoms with van der Waals surface area (Å²) in [6.07, 6.45) is 1.00. The van der Waals surface area contributed by atoms with Gasteiger partial charge in [-0.15, -0.1) is 0 Å². The highest BCUT2D eigenvalue weighted by Gasteiger charge is 2.17. The molecule has 3 nitrogen and oxygen atoms in total. The second kappa shape index (κ2) is 4.60. The Bertz CT molecular complexity index is 289. The zero-order chi connectivity index (χ0) is 10.7. The Morgan fingerprint density at radius 3 is 2.50 bits per heavy atom. The highest BCUT2D eigenvalue weighted by Crippen LogP contribution is 2.21. The molecule has 3 heteroatoms. The Hall–Kier alpha value is -0.830. The summed E-state index contributed by atoms with van der Waals surface area (Å²) in [4.78, 5) is 0. The molecule has 0 aliphatic heterocycles. The van der Waals surface area contributed by atoms with Gasteiger partial charge in [-0.3, -0.25) is 4.68 Å². The van der Waals surface area contributed by atoms with Crippen LogP contribution in [0.25, 0.3) is 0 Å². The van der Waals surface area contributed by atoms with Crippen molar-refractivity contribution in [3.05, 3.63) is 17.5 Å². The second-order valence-electron chi connectivity index (χ2n) is 4.05. The first-order valence-electron chi connectivity index (χ1n) is 5.30. The number of aryl methyl sites for hydroxylation is 2. The molecule has 0 fully saturated rings. The lowest BCUT2D eigenvalue weighted by atomic mass is 10.0. The third-order valence-corrected chi connectivity index (χ3v) is 2.63. The van der Waals surface area contributed by atoms with Crippen LogP contribution in [0.2, 0.25) is 0 Å². The van der Waals surface area contributed by atoms with Gasteiger partial charge in [0.05, 0.1) is 17.4 Å². The third-order valence-electron chi connectivity index (χ3n) is 2.63. The molecular formula is C11H21N3. The molecular weight excluding hydrogens is 174 g/mol. The van der Waals surface area contributed by atoms with Gasteiger partial charge in [-0.1, -0.05) is 20.8 Å². The molecule has 0 radical (unpaired) electrons. The SMILES string of the molecule is CCc1cc(C(NC)C(C)C)n(C)n1. The van der Waals surface area contributed by atoms with Crippen molar-refractivity contribution < 1.29 is 0 Å². The first kappa shape index (κ1) is 11.2. The molecule has 1 rings (SSSR count). The standard InChI is InChI=1S/C11H21N3/c1-6-9-7-10(14(5)13-9)11(12-4)8(2)3/h7-8,11-12H,6H2,1-5H3. The Morgan fingerprint density at radius 2 is 2.14 bits per heavy atom. The second-order valence-corrected chi connectivity index (χ2v) is 4.05. The van der Waals surface area contributed by atoms with Crippen LogP contribution < -0.4 is 5.32 Å². The minimum Gasteiger partial charge on any atom is -0.312 e. The minimum atomic E-state index is 0.396. The summed E-state index contributed by atoms with van der Waals surface area (Å²) >= 11 is 0. The number of hydrogen-bond donors (Lipinski definition) is 1. The van der Waals surface area contributed by atoms with E-state index in [-0.39, 0.29) is 0 Å². The lowest BCUT2D eigenvalue weighted by Gasteiger charge is -2.20. The topological polar surface area (TPSA) is 29.9 Å². The normalized spacial score (nSPS) is 13.6. The van der Waals surface area contributed by atoms with E-state index in [1.165, 1.54) is 11.4 Å². The number of aromatic nitrogens is 2. The highest BCUT2D eigenvalue weighted by molar-refractivity contribution is 5.14. The van der Waals surface area contributed by atoms with Gasteiger partial charge < -0.3 is 5.32 Å². The molecule has 1 atom stereocenters. The lowest BCUT2D eigenvalue weighted by molar-refractivity contribution is 0.417. The maximum absolute atomic E-state index is 4.46. The van der Waals surface area contributed by atoms with Crippen LogP contribution in [-0.4, -0.2) is 16.8 Å². The molecule has 14 heavy (non-hydrogen) atoms. The molecule has 0 saturated carbocycles. The summed E-state index contributed by atoms with van der Waals surface area (Å²) in [5.74, 6) is 0.583. The van der Waals surface area contributed by atoms with Crippen molar-refractivity contribution in [2.75, 3.05) is 7.05 Å². The fraction of sp³-hybridized carbons (Fsp3) is 0.727. The average molecular weight is 195 g/mol. The smallest absolute Gasteiger partial charge is 0.0625 e. The van der Waals surface area contributed by atoms with Crippen molar-refractivity contribution in [2.24, 2.45) is 13.0 Å². The summed E-state index contributed by atoms with van der Waals surface area (Å²) in [6.45, 7) is 6.58. The van der Waals surface area contributed by atoms with E-state index >= 15 is 0 Å². The number of hydrogen-bond acceptors (Lipinski definition) is 2. The van der Waals surface area contributed by atoms with Crippen molar-refractivity contribution >= 4 is 0 Å². The van der Waals surface area contributed by atoms with E-state index in [0.29, 0.717) is 12.0 Å². The van der Waals surface area contributed by atoms with Gasteiger partial charge in [-0.2, -0.15) is 5.10 Å². The van der Waals surface area contributed by atoms with Crippen LogP contribution in [0.1, 0.15) is 38.2 Å². The quantitative estimate of drug-likeness (QED) is 0.795. The van der Waals surface area contributed by atoms with Crippen molar-refractivity contribution in [2.45, 2.75) is 33.2 Å². The molecule has 80 valence electrons. The Balaban J connectivity index is 2.97. The van der Waals surface area contributed by atoms with Crippen LogP contribution >= 0.6 is 0 Å². The van der Waals surface area contributed by atoms with Gasteiger partial charge in [-0.05, 0) is 25.5 Å². The maximum atomic E-state index is 4.46. The van der Waals surface area contributed by atoms with Crippen molar-refractivity contribution in [1.82, 2.24) is 15.1 Å². The van der Waals surface area contributed by atoms with E-state index in [2.05, 4.69) is 37.3 Å². The van der Waals surface area contributed by atoms with Crippen LogP contribution in [0, 0.1) is 5.92 Å². The fourth-order valence-electron chi connectivity index (χ4n) is 1.83. The number of nitrogens with zero attached hydrogens (tertiary/aromatic N) is 2. The average Bonchev–Trinajstić information content (AvgIpc) is 2.48. The molecule has 1 unspecified atom stereocenters. The first-order valence-corrected chi connectivity index (χ1v) is 5.30. The minimum absolute atomic E-state index is 0.396. The Kier molecular flexibility index (Phi) is 3.69. The first-order chi connectivity index (χ1) is 6.60. The largest absolute Gasteiger partial charge is 0.312 e. The van der Waals surface area contributed by atoms with E-state index < -0.39 is 0 Å². The van der Waals surface area contributed by atoms with Gasteiger partial charge in [0, 0.05) is 7.05 Å². The Morgan fingerprint density at radius 1 is 1.50 bits per heavy atom. The van der Waals surface area contributed by atoms with Crippen LogP contribution in [0.3, 0.4) is 0 Å². The predicted molar refractivity (Wildman–Crippen MR) is 59.2 cm³/mol.